The minimum Gasteiger partial charge on any atom is -0.398 e. The SMILES string of the molecule is Cc1cc(/C(N)=C/c2cc[nH]c2N)cc(C)c1N1CCN(C)CC1. The van der Waals surface area contributed by atoms with Gasteiger partial charge in [-0.15, -0.1) is 0 Å². The van der Waals surface area contributed by atoms with Gasteiger partial charge >= 0.3 is 0 Å². The van der Waals surface area contributed by atoms with Gasteiger partial charge in [-0.3, -0.25) is 0 Å². The van der Waals surface area contributed by atoms with Crippen LogP contribution in [-0.4, -0.2) is 43.1 Å². The highest BCUT2D eigenvalue weighted by atomic mass is 15.2. The minimum atomic E-state index is 0.639. The number of anilines is 2. The molecular weight excluding hydrogens is 298 g/mol. The van der Waals surface area contributed by atoms with E-state index in [4.69, 9.17) is 11.5 Å². The molecule has 1 aromatic carbocycles. The van der Waals surface area contributed by atoms with Gasteiger partial charge in [0.15, 0.2) is 0 Å². The summed E-state index contributed by atoms with van der Waals surface area (Å²) in [5, 5.41) is 0. The van der Waals surface area contributed by atoms with Crippen LogP contribution >= 0.6 is 0 Å². The van der Waals surface area contributed by atoms with Gasteiger partial charge in [0.2, 0.25) is 0 Å². The van der Waals surface area contributed by atoms with Gasteiger partial charge in [0.25, 0.3) is 0 Å². The summed E-state index contributed by atoms with van der Waals surface area (Å²) in [6, 6.07) is 6.28. The van der Waals surface area contributed by atoms with E-state index in [-0.39, 0.29) is 0 Å². The molecule has 1 aliphatic rings. The van der Waals surface area contributed by atoms with Crippen LogP contribution < -0.4 is 16.4 Å². The highest BCUT2D eigenvalue weighted by molar-refractivity contribution is 5.83. The van der Waals surface area contributed by atoms with Gasteiger partial charge in [0.05, 0.1) is 0 Å². The molecule has 24 heavy (non-hydrogen) atoms. The molecule has 5 heteroatoms. The molecule has 2 heterocycles. The zero-order valence-corrected chi connectivity index (χ0v) is 14.8. The van der Waals surface area contributed by atoms with E-state index in [1.54, 1.807) is 0 Å². The van der Waals surface area contributed by atoms with Gasteiger partial charge in [-0.05, 0) is 61.9 Å². The summed E-state index contributed by atoms with van der Waals surface area (Å²) in [6.07, 6.45) is 3.75. The van der Waals surface area contributed by atoms with Crippen molar-refractivity contribution in [1.29, 1.82) is 0 Å². The van der Waals surface area contributed by atoms with Crippen molar-refractivity contribution in [3.05, 3.63) is 46.6 Å². The number of hydrogen-bond acceptors (Lipinski definition) is 4. The second-order valence-electron chi connectivity index (χ2n) is 6.70. The van der Waals surface area contributed by atoms with Gasteiger partial charge < -0.3 is 26.3 Å². The number of rotatable bonds is 3. The average molecular weight is 325 g/mol. The second kappa shape index (κ2) is 6.61. The van der Waals surface area contributed by atoms with Crippen LogP contribution in [0.1, 0.15) is 22.3 Å². The van der Waals surface area contributed by atoms with E-state index in [0.29, 0.717) is 5.82 Å². The number of nitrogens with zero attached hydrogens (tertiary/aromatic N) is 2. The number of piperazine rings is 1. The van der Waals surface area contributed by atoms with E-state index in [0.717, 1.165) is 43.0 Å². The van der Waals surface area contributed by atoms with Crippen LogP contribution in [0.5, 0.6) is 0 Å². The first-order chi connectivity index (χ1) is 11.5. The molecule has 0 unspecified atom stereocenters. The number of aryl methyl sites for hydroxylation is 2. The van der Waals surface area contributed by atoms with E-state index in [2.05, 4.69) is 47.8 Å². The third-order valence-electron chi connectivity index (χ3n) is 4.77. The molecule has 0 radical (unpaired) electrons. The Bertz CT molecular complexity index is 728. The molecule has 0 atom stereocenters. The van der Waals surface area contributed by atoms with Gasteiger partial charge in [-0.2, -0.15) is 0 Å². The lowest BCUT2D eigenvalue weighted by Gasteiger charge is -2.36. The molecular formula is C19H27N5. The van der Waals surface area contributed by atoms with Crippen molar-refractivity contribution in [2.75, 3.05) is 43.9 Å². The highest BCUT2D eigenvalue weighted by Crippen LogP contribution is 2.29. The molecule has 5 N–H and O–H groups in total. The number of nitrogens with one attached hydrogen (secondary N) is 1. The maximum Gasteiger partial charge on any atom is 0.108 e. The molecule has 5 nitrogen and oxygen atoms in total. The van der Waals surface area contributed by atoms with Crippen molar-refractivity contribution in [3.8, 4) is 0 Å². The first-order valence-corrected chi connectivity index (χ1v) is 8.41. The highest BCUT2D eigenvalue weighted by Gasteiger charge is 2.18. The molecule has 1 saturated heterocycles. The fourth-order valence-corrected chi connectivity index (χ4v) is 3.42. The molecule has 1 aliphatic heterocycles. The molecule has 0 amide bonds. The summed E-state index contributed by atoms with van der Waals surface area (Å²) >= 11 is 0. The summed E-state index contributed by atoms with van der Waals surface area (Å²) in [5.74, 6) is 0.639. The Morgan fingerprint density at radius 1 is 1.12 bits per heavy atom. The molecule has 128 valence electrons. The zero-order chi connectivity index (χ0) is 17.3. The summed E-state index contributed by atoms with van der Waals surface area (Å²) < 4.78 is 0. The number of hydrogen-bond donors (Lipinski definition) is 3. The monoisotopic (exact) mass is 325 g/mol. The van der Waals surface area contributed by atoms with Crippen molar-refractivity contribution in [2.24, 2.45) is 5.73 Å². The fraction of sp³-hybridized carbons (Fsp3) is 0.368. The molecule has 0 saturated carbocycles. The zero-order valence-electron chi connectivity index (χ0n) is 14.8. The Morgan fingerprint density at radius 3 is 2.29 bits per heavy atom. The second-order valence-corrected chi connectivity index (χ2v) is 6.70. The topological polar surface area (TPSA) is 74.3 Å². The lowest BCUT2D eigenvalue weighted by atomic mass is 10.00. The summed E-state index contributed by atoms with van der Waals surface area (Å²) in [7, 11) is 2.18. The Morgan fingerprint density at radius 2 is 1.75 bits per heavy atom. The van der Waals surface area contributed by atoms with E-state index in [9.17, 15) is 0 Å². The lowest BCUT2D eigenvalue weighted by molar-refractivity contribution is 0.312. The van der Waals surface area contributed by atoms with Crippen molar-refractivity contribution in [1.82, 2.24) is 9.88 Å². The summed E-state index contributed by atoms with van der Waals surface area (Å²) in [6.45, 7) is 8.69. The molecule has 1 fully saturated rings. The number of aromatic nitrogens is 1. The minimum absolute atomic E-state index is 0.639. The van der Waals surface area contributed by atoms with E-state index in [1.165, 1.54) is 16.8 Å². The first kappa shape index (κ1) is 16.5. The van der Waals surface area contributed by atoms with Crippen LogP contribution in [0, 0.1) is 13.8 Å². The normalized spacial score (nSPS) is 16.6. The van der Waals surface area contributed by atoms with Crippen molar-refractivity contribution in [2.45, 2.75) is 13.8 Å². The smallest absolute Gasteiger partial charge is 0.108 e. The molecule has 0 bridgehead atoms. The first-order valence-electron chi connectivity index (χ1n) is 8.41. The molecule has 3 rings (SSSR count). The number of H-pyrrole nitrogens is 1. The summed E-state index contributed by atoms with van der Waals surface area (Å²) in [4.78, 5) is 7.83. The van der Waals surface area contributed by atoms with Crippen molar-refractivity contribution in [3.63, 3.8) is 0 Å². The lowest BCUT2D eigenvalue weighted by Crippen LogP contribution is -2.45. The van der Waals surface area contributed by atoms with Crippen LogP contribution in [0.15, 0.2) is 24.4 Å². The fourth-order valence-electron chi connectivity index (χ4n) is 3.42. The predicted octanol–water partition coefficient (Wildman–Crippen LogP) is 2.42. The largest absolute Gasteiger partial charge is 0.398 e. The van der Waals surface area contributed by atoms with E-state index < -0.39 is 0 Å². The van der Waals surface area contributed by atoms with Crippen LogP contribution in [0.2, 0.25) is 0 Å². The molecule has 0 aliphatic carbocycles. The number of likely N-dealkylation sites (N-methyl/N-ethyl adjacent to an activating group) is 1. The third-order valence-corrected chi connectivity index (χ3v) is 4.77. The van der Waals surface area contributed by atoms with Crippen LogP contribution in [0.3, 0.4) is 0 Å². The number of nitrogen functional groups attached to an aromatic ring is 1. The Kier molecular flexibility index (Phi) is 4.53. The van der Waals surface area contributed by atoms with Gasteiger partial charge in [0, 0.05) is 49.3 Å². The van der Waals surface area contributed by atoms with Gasteiger partial charge in [0.1, 0.15) is 5.82 Å². The molecule has 1 aromatic heterocycles. The Balaban J connectivity index is 1.89. The number of benzene rings is 1. The maximum atomic E-state index is 6.31. The van der Waals surface area contributed by atoms with E-state index in [1.807, 2.05) is 18.3 Å². The van der Waals surface area contributed by atoms with Gasteiger partial charge in [-0.1, -0.05) is 0 Å². The predicted molar refractivity (Wildman–Crippen MR) is 103 cm³/mol. The van der Waals surface area contributed by atoms with Crippen LogP contribution in [0.25, 0.3) is 11.8 Å². The molecule has 2 aromatic rings. The Hall–Kier alpha value is -2.40. The van der Waals surface area contributed by atoms with Crippen LogP contribution in [0.4, 0.5) is 11.5 Å². The van der Waals surface area contributed by atoms with Crippen LogP contribution in [-0.2, 0) is 0 Å². The van der Waals surface area contributed by atoms with E-state index >= 15 is 0 Å². The molecule has 0 spiro atoms. The maximum absolute atomic E-state index is 6.31. The number of aromatic amines is 1. The quantitative estimate of drug-likeness (QED) is 0.810. The van der Waals surface area contributed by atoms with Crippen molar-refractivity contribution >= 4 is 23.3 Å². The number of nitrogens with two attached hydrogens (primary N) is 2. The van der Waals surface area contributed by atoms with Crippen molar-refractivity contribution < 1.29 is 0 Å². The Labute approximate surface area is 143 Å². The third kappa shape index (κ3) is 3.26. The van der Waals surface area contributed by atoms with Gasteiger partial charge in [-0.25, -0.2) is 0 Å². The standard InChI is InChI=1S/C19H27N5/c1-13-10-16(17(20)12-15-4-5-22-19(15)21)11-14(2)18(13)24-8-6-23(3)7-9-24/h4-5,10-12,22H,6-9,20-21H2,1-3H3/b17-12-. The summed E-state index contributed by atoms with van der Waals surface area (Å²) in [5.41, 5.74) is 18.8. The average Bonchev–Trinajstić information content (AvgIpc) is 2.93.